The molecule has 0 bridgehead atoms. The zero-order chi connectivity index (χ0) is 13.8. The smallest absolute Gasteiger partial charge is 0.122 e. The van der Waals surface area contributed by atoms with E-state index in [-0.39, 0.29) is 5.84 Å². The lowest BCUT2D eigenvalue weighted by atomic mass is 10.1. The fraction of sp³-hybridized carbons (Fsp3) is 0.286. The third kappa shape index (κ3) is 3.32. The predicted molar refractivity (Wildman–Crippen MR) is 78.2 cm³/mol. The second-order valence-corrected chi connectivity index (χ2v) is 5.29. The summed E-state index contributed by atoms with van der Waals surface area (Å²) in [6.07, 6.45) is 0.865. The maximum absolute atomic E-state index is 7.39. The van der Waals surface area contributed by atoms with Crippen LogP contribution in [0.2, 0.25) is 0 Å². The van der Waals surface area contributed by atoms with Crippen LogP contribution in [0.5, 0.6) is 5.75 Å². The quantitative estimate of drug-likeness (QED) is 0.651. The van der Waals surface area contributed by atoms with Crippen molar-refractivity contribution >= 4 is 17.2 Å². The van der Waals surface area contributed by atoms with E-state index in [2.05, 4.69) is 4.98 Å². The fourth-order valence-corrected chi connectivity index (χ4v) is 2.56. The number of nitrogens with zero attached hydrogens (tertiary/aromatic N) is 1. The van der Waals surface area contributed by atoms with Crippen molar-refractivity contribution in [2.24, 2.45) is 5.73 Å². The zero-order valence-electron chi connectivity index (χ0n) is 11.1. The van der Waals surface area contributed by atoms with Gasteiger partial charge in [-0.2, -0.15) is 0 Å². The number of hydrogen-bond acceptors (Lipinski definition) is 4. The van der Waals surface area contributed by atoms with Crippen LogP contribution in [0.15, 0.2) is 23.7 Å². The van der Waals surface area contributed by atoms with E-state index in [1.54, 1.807) is 11.3 Å². The summed E-state index contributed by atoms with van der Waals surface area (Å²) in [7, 11) is 0. The van der Waals surface area contributed by atoms with Gasteiger partial charge >= 0.3 is 0 Å². The normalized spacial score (nSPS) is 10.4. The van der Waals surface area contributed by atoms with Crippen LogP contribution in [0.25, 0.3) is 0 Å². The third-order valence-corrected chi connectivity index (χ3v) is 3.91. The van der Waals surface area contributed by atoms with Crippen LogP contribution in [0.1, 0.15) is 21.7 Å². The zero-order valence-corrected chi connectivity index (χ0v) is 11.9. The number of nitrogen functional groups attached to an aromatic ring is 1. The summed E-state index contributed by atoms with van der Waals surface area (Å²) in [6.45, 7) is 4.60. The Bertz CT molecular complexity index is 592. The number of nitrogens with two attached hydrogens (primary N) is 1. The first-order valence-corrected chi connectivity index (χ1v) is 6.92. The molecule has 0 fully saturated rings. The van der Waals surface area contributed by atoms with Crippen LogP contribution in [0, 0.1) is 19.3 Å². The van der Waals surface area contributed by atoms with Gasteiger partial charge in [0.15, 0.2) is 0 Å². The summed E-state index contributed by atoms with van der Waals surface area (Å²) in [5.74, 6) is 0.919. The van der Waals surface area contributed by atoms with Gasteiger partial charge in [0.1, 0.15) is 11.6 Å². The minimum absolute atomic E-state index is 0.0786. The Labute approximate surface area is 116 Å². The van der Waals surface area contributed by atoms with E-state index in [9.17, 15) is 0 Å². The number of aryl methyl sites for hydroxylation is 2. The number of ether oxygens (including phenoxy) is 1. The summed E-state index contributed by atoms with van der Waals surface area (Å²) in [4.78, 5) is 5.48. The molecule has 100 valence electrons. The predicted octanol–water partition coefficient (Wildman–Crippen LogP) is 2.67. The molecule has 4 nitrogen and oxygen atoms in total. The molecule has 0 saturated heterocycles. The van der Waals surface area contributed by atoms with Gasteiger partial charge < -0.3 is 10.5 Å². The van der Waals surface area contributed by atoms with E-state index in [0.29, 0.717) is 6.61 Å². The SMILES string of the molecule is Cc1cc(C(=N)N)ccc1OCCc1scnc1C. The highest BCUT2D eigenvalue weighted by atomic mass is 32.1. The van der Waals surface area contributed by atoms with Crippen molar-refractivity contribution in [1.82, 2.24) is 4.98 Å². The van der Waals surface area contributed by atoms with Gasteiger partial charge in [0.05, 0.1) is 17.8 Å². The number of rotatable bonds is 5. The molecule has 0 spiro atoms. The highest BCUT2D eigenvalue weighted by Gasteiger charge is 2.05. The Kier molecular flexibility index (Phi) is 4.16. The van der Waals surface area contributed by atoms with E-state index in [1.807, 2.05) is 37.6 Å². The van der Waals surface area contributed by atoms with Crippen molar-refractivity contribution in [1.29, 1.82) is 5.41 Å². The molecule has 0 aliphatic carbocycles. The molecule has 0 saturated carbocycles. The van der Waals surface area contributed by atoms with E-state index >= 15 is 0 Å². The summed E-state index contributed by atoms with van der Waals surface area (Å²) < 4.78 is 5.77. The molecule has 0 unspecified atom stereocenters. The van der Waals surface area contributed by atoms with Gasteiger partial charge in [-0.05, 0) is 37.6 Å². The second-order valence-electron chi connectivity index (χ2n) is 4.35. The van der Waals surface area contributed by atoms with Crippen LogP contribution in [-0.2, 0) is 6.42 Å². The van der Waals surface area contributed by atoms with Gasteiger partial charge in [0.2, 0.25) is 0 Å². The molecule has 2 rings (SSSR count). The maximum Gasteiger partial charge on any atom is 0.122 e. The number of aromatic nitrogens is 1. The van der Waals surface area contributed by atoms with Gasteiger partial charge in [-0.3, -0.25) is 5.41 Å². The lowest BCUT2D eigenvalue weighted by molar-refractivity contribution is 0.320. The van der Waals surface area contributed by atoms with Crippen LogP contribution >= 0.6 is 11.3 Å². The molecule has 1 aromatic carbocycles. The highest BCUT2D eigenvalue weighted by Crippen LogP contribution is 2.20. The fourth-order valence-electron chi connectivity index (χ4n) is 1.80. The summed E-state index contributed by atoms with van der Waals surface area (Å²) in [6, 6.07) is 5.55. The van der Waals surface area contributed by atoms with E-state index in [4.69, 9.17) is 15.9 Å². The summed E-state index contributed by atoms with van der Waals surface area (Å²) in [5, 5.41) is 7.39. The van der Waals surface area contributed by atoms with Gasteiger partial charge in [-0.25, -0.2) is 4.98 Å². The van der Waals surface area contributed by atoms with Gasteiger partial charge in [0, 0.05) is 16.9 Å². The highest BCUT2D eigenvalue weighted by molar-refractivity contribution is 7.09. The molecule has 1 aromatic heterocycles. The van der Waals surface area contributed by atoms with Crippen LogP contribution in [-0.4, -0.2) is 17.4 Å². The summed E-state index contributed by atoms with van der Waals surface area (Å²) in [5.41, 5.74) is 10.1. The topological polar surface area (TPSA) is 72.0 Å². The number of amidine groups is 1. The average molecular weight is 275 g/mol. The largest absolute Gasteiger partial charge is 0.493 e. The van der Waals surface area contributed by atoms with Crippen LogP contribution in [0.3, 0.4) is 0 Å². The Balaban J connectivity index is 1.96. The minimum atomic E-state index is 0.0786. The molecule has 0 aliphatic rings. The molecule has 0 amide bonds. The van der Waals surface area contributed by atoms with Crippen LogP contribution in [0.4, 0.5) is 0 Å². The molecular formula is C14H17N3OS. The van der Waals surface area contributed by atoms with E-state index in [0.717, 1.165) is 29.0 Å². The Hall–Kier alpha value is -1.88. The van der Waals surface area contributed by atoms with Crippen molar-refractivity contribution in [3.05, 3.63) is 45.4 Å². The molecule has 3 N–H and O–H groups in total. The van der Waals surface area contributed by atoms with Crippen molar-refractivity contribution in [3.63, 3.8) is 0 Å². The molecule has 2 aromatic rings. The first-order chi connectivity index (χ1) is 9.08. The lowest BCUT2D eigenvalue weighted by Crippen LogP contribution is -2.11. The van der Waals surface area contributed by atoms with Gasteiger partial charge in [-0.15, -0.1) is 11.3 Å². The molecular weight excluding hydrogens is 258 g/mol. The number of hydrogen-bond donors (Lipinski definition) is 2. The van der Waals surface area contributed by atoms with E-state index < -0.39 is 0 Å². The number of nitrogens with one attached hydrogen (secondary N) is 1. The molecule has 5 heteroatoms. The van der Waals surface area contributed by atoms with Crippen LogP contribution < -0.4 is 10.5 Å². The molecule has 0 aliphatic heterocycles. The van der Waals surface area contributed by atoms with Crippen molar-refractivity contribution in [2.45, 2.75) is 20.3 Å². The Morgan fingerprint density at radius 2 is 2.21 bits per heavy atom. The minimum Gasteiger partial charge on any atom is -0.493 e. The maximum atomic E-state index is 7.39. The van der Waals surface area contributed by atoms with Gasteiger partial charge in [0.25, 0.3) is 0 Å². The standard InChI is InChI=1S/C14H17N3OS/c1-9-7-11(14(15)16)3-4-12(9)18-6-5-13-10(2)17-8-19-13/h3-4,7-8H,5-6H2,1-2H3,(H3,15,16). The van der Waals surface area contributed by atoms with Crippen molar-refractivity contribution in [3.8, 4) is 5.75 Å². The van der Waals surface area contributed by atoms with Gasteiger partial charge in [-0.1, -0.05) is 0 Å². The third-order valence-electron chi connectivity index (χ3n) is 2.92. The summed E-state index contributed by atoms with van der Waals surface area (Å²) >= 11 is 1.66. The van der Waals surface area contributed by atoms with E-state index in [1.165, 1.54) is 4.88 Å². The first kappa shape index (κ1) is 13.5. The Morgan fingerprint density at radius 1 is 1.42 bits per heavy atom. The second kappa shape index (κ2) is 5.84. The molecule has 0 atom stereocenters. The van der Waals surface area contributed by atoms with Crippen molar-refractivity contribution < 1.29 is 4.74 Å². The molecule has 0 radical (unpaired) electrons. The average Bonchev–Trinajstić information content (AvgIpc) is 2.77. The molecule has 1 heterocycles. The first-order valence-electron chi connectivity index (χ1n) is 6.04. The Morgan fingerprint density at radius 3 is 2.79 bits per heavy atom. The lowest BCUT2D eigenvalue weighted by Gasteiger charge is -2.10. The number of benzene rings is 1. The number of thiazole rings is 1. The van der Waals surface area contributed by atoms with Crippen molar-refractivity contribution in [2.75, 3.05) is 6.61 Å². The monoisotopic (exact) mass is 275 g/mol. The molecule has 19 heavy (non-hydrogen) atoms.